The smallest absolute Gasteiger partial charge is 0.335 e. The summed E-state index contributed by atoms with van der Waals surface area (Å²) in [4.78, 5) is 22.9. The van der Waals surface area contributed by atoms with Gasteiger partial charge in [0.25, 0.3) is 0 Å². The molecular formula is C15H20N2O3. The Balaban J connectivity index is 1.89. The number of carbonyl (C=O) groups is 2. The van der Waals surface area contributed by atoms with Crippen LogP contribution in [0.25, 0.3) is 0 Å². The molecule has 5 heteroatoms. The topological polar surface area (TPSA) is 92.4 Å². The summed E-state index contributed by atoms with van der Waals surface area (Å²) in [5.74, 6) is -0.960. The highest BCUT2D eigenvalue weighted by Crippen LogP contribution is 2.23. The van der Waals surface area contributed by atoms with Crippen molar-refractivity contribution in [1.82, 2.24) is 5.32 Å². The highest BCUT2D eigenvalue weighted by molar-refractivity contribution is 5.87. The first-order valence-electron chi connectivity index (χ1n) is 6.92. The predicted molar refractivity (Wildman–Crippen MR) is 75.2 cm³/mol. The number of carboxylic acids is 1. The van der Waals surface area contributed by atoms with Crippen LogP contribution in [-0.2, 0) is 11.3 Å². The van der Waals surface area contributed by atoms with Gasteiger partial charge in [-0.15, -0.1) is 0 Å². The molecule has 0 saturated heterocycles. The van der Waals surface area contributed by atoms with Gasteiger partial charge in [-0.2, -0.15) is 0 Å². The molecule has 0 aliphatic heterocycles. The Morgan fingerprint density at radius 2 is 2.15 bits per heavy atom. The molecule has 1 aliphatic rings. The van der Waals surface area contributed by atoms with Crippen LogP contribution in [0.4, 0.5) is 0 Å². The second kappa shape index (κ2) is 6.52. The molecule has 1 saturated carbocycles. The molecule has 108 valence electrons. The van der Waals surface area contributed by atoms with Crippen LogP contribution >= 0.6 is 0 Å². The van der Waals surface area contributed by atoms with Gasteiger partial charge in [0.2, 0.25) is 5.91 Å². The molecule has 1 aromatic rings. The van der Waals surface area contributed by atoms with E-state index in [1.165, 1.54) is 6.07 Å². The minimum absolute atomic E-state index is 0.0126. The van der Waals surface area contributed by atoms with Crippen molar-refractivity contribution in [3.05, 3.63) is 35.4 Å². The summed E-state index contributed by atoms with van der Waals surface area (Å²) in [6, 6.07) is 6.72. The zero-order chi connectivity index (χ0) is 14.5. The van der Waals surface area contributed by atoms with Crippen molar-refractivity contribution in [1.29, 1.82) is 0 Å². The summed E-state index contributed by atoms with van der Waals surface area (Å²) < 4.78 is 0. The van der Waals surface area contributed by atoms with E-state index in [0.29, 0.717) is 6.54 Å². The standard InChI is InChI=1S/C15H20N2O3/c16-13-6-2-4-11(8-13)14(18)17-9-10-3-1-5-12(7-10)15(19)20/h1,3,5,7,11,13H,2,4,6,8-9,16H2,(H,17,18)(H,19,20). The van der Waals surface area contributed by atoms with Gasteiger partial charge in [0.15, 0.2) is 0 Å². The van der Waals surface area contributed by atoms with Crippen LogP contribution in [0.3, 0.4) is 0 Å². The number of amides is 1. The fourth-order valence-corrected chi connectivity index (χ4v) is 2.61. The summed E-state index contributed by atoms with van der Waals surface area (Å²) in [7, 11) is 0. The number of hydrogen-bond acceptors (Lipinski definition) is 3. The monoisotopic (exact) mass is 276 g/mol. The Hall–Kier alpha value is -1.88. The molecule has 2 unspecified atom stereocenters. The van der Waals surface area contributed by atoms with E-state index in [2.05, 4.69) is 5.32 Å². The van der Waals surface area contributed by atoms with Crippen LogP contribution < -0.4 is 11.1 Å². The first kappa shape index (κ1) is 14.5. The molecule has 0 bridgehead atoms. The first-order chi connectivity index (χ1) is 9.56. The second-order valence-corrected chi connectivity index (χ2v) is 5.35. The molecule has 4 N–H and O–H groups in total. The summed E-state index contributed by atoms with van der Waals surface area (Å²) in [5.41, 5.74) is 6.90. The Morgan fingerprint density at radius 3 is 2.85 bits per heavy atom. The molecule has 1 aliphatic carbocycles. The average molecular weight is 276 g/mol. The molecule has 0 spiro atoms. The molecule has 1 aromatic carbocycles. The van der Waals surface area contributed by atoms with Gasteiger partial charge in [0.05, 0.1) is 5.56 Å². The van der Waals surface area contributed by atoms with Gasteiger partial charge in [-0.05, 0) is 37.0 Å². The van der Waals surface area contributed by atoms with E-state index >= 15 is 0 Å². The maximum Gasteiger partial charge on any atom is 0.335 e. The van der Waals surface area contributed by atoms with E-state index in [9.17, 15) is 9.59 Å². The largest absolute Gasteiger partial charge is 0.478 e. The lowest BCUT2D eigenvalue weighted by atomic mass is 9.85. The predicted octanol–water partition coefficient (Wildman–Crippen LogP) is 1.52. The Kier molecular flexibility index (Phi) is 4.74. The van der Waals surface area contributed by atoms with Crippen LogP contribution in [0, 0.1) is 5.92 Å². The van der Waals surface area contributed by atoms with Crippen molar-refractivity contribution >= 4 is 11.9 Å². The third-order valence-corrected chi connectivity index (χ3v) is 3.73. The van der Waals surface area contributed by atoms with Gasteiger partial charge in [0, 0.05) is 18.5 Å². The number of rotatable bonds is 4. The number of carbonyl (C=O) groups excluding carboxylic acids is 1. The molecule has 1 fully saturated rings. The maximum atomic E-state index is 12.1. The normalized spacial score (nSPS) is 22.2. The van der Waals surface area contributed by atoms with Crippen LogP contribution in [0.1, 0.15) is 41.6 Å². The zero-order valence-corrected chi connectivity index (χ0v) is 11.3. The summed E-state index contributed by atoms with van der Waals surface area (Å²) in [6.45, 7) is 0.353. The highest BCUT2D eigenvalue weighted by atomic mass is 16.4. The molecule has 0 aromatic heterocycles. The van der Waals surface area contributed by atoms with Crippen LogP contribution in [-0.4, -0.2) is 23.0 Å². The van der Waals surface area contributed by atoms with Crippen molar-refractivity contribution in [2.45, 2.75) is 38.3 Å². The van der Waals surface area contributed by atoms with Crippen molar-refractivity contribution < 1.29 is 14.7 Å². The van der Waals surface area contributed by atoms with E-state index in [1.807, 2.05) is 0 Å². The minimum atomic E-state index is -0.962. The molecule has 2 atom stereocenters. The number of nitrogens with one attached hydrogen (secondary N) is 1. The lowest BCUT2D eigenvalue weighted by Gasteiger charge is -2.25. The van der Waals surface area contributed by atoms with Gasteiger partial charge in [-0.1, -0.05) is 18.6 Å². The van der Waals surface area contributed by atoms with Crippen LogP contribution in [0.5, 0.6) is 0 Å². The summed E-state index contributed by atoms with van der Waals surface area (Å²) in [6.07, 6.45) is 3.61. The number of hydrogen-bond donors (Lipinski definition) is 3. The maximum absolute atomic E-state index is 12.1. The van der Waals surface area contributed by atoms with Crippen LogP contribution in [0.15, 0.2) is 24.3 Å². The second-order valence-electron chi connectivity index (χ2n) is 5.35. The Bertz CT molecular complexity index is 502. The van der Waals surface area contributed by atoms with E-state index in [0.717, 1.165) is 31.2 Å². The van der Waals surface area contributed by atoms with Crippen molar-refractivity contribution in [3.8, 4) is 0 Å². The van der Waals surface area contributed by atoms with Gasteiger partial charge in [0.1, 0.15) is 0 Å². The average Bonchev–Trinajstić information content (AvgIpc) is 2.45. The lowest BCUT2D eigenvalue weighted by molar-refractivity contribution is -0.126. The van der Waals surface area contributed by atoms with Gasteiger partial charge in [-0.25, -0.2) is 4.79 Å². The number of benzene rings is 1. The van der Waals surface area contributed by atoms with Crippen LogP contribution in [0.2, 0.25) is 0 Å². The van der Waals surface area contributed by atoms with E-state index < -0.39 is 5.97 Å². The summed E-state index contributed by atoms with van der Waals surface area (Å²) >= 11 is 0. The lowest BCUT2D eigenvalue weighted by Crippen LogP contribution is -2.37. The van der Waals surface area contributed by atoms with Gasteiger partial charge >= 0.3 is 5.97 Å². The first-order valence-corrected chi connectivity index (χ1v) is 6.92. The third kappa shape index (κ3) is 3.81. The number of nitrogens with two attached hydrogens (primary N) is 1. The fraction of sp³-hybridized carbons (Fsp3) is 0.467. The SMILES string of the molecule is NC1CCCC(C(=O)NCc2cccc(C(=O)O)c2)C1. The Morgan fingerprint density at radius 1 is 1.35 bits per heavy atom. The number of aromatic carboxylic acids is 1. The Labute approximate surface area is 118 Å². The quantitative estimate of drug-likeness (QED) is 0.777. The molecule has 2 rings (SSSR count). The van der Waals surface area contributed by atoms with E-state index in [-0.39, 0.29) is 23.4 Å². The minimum Gasteiger partial charge on any atom is -0.478 e. The van der Waals surface area contributed by atoms with E-state index in [1.54, 1.807) is 18.2 Å². The molecule has 20 heavy (non-hydrogen) atoms. The highest BCUT2D eigenvalue weighted by Gasteiger charge is 2.24. The molecular weight excluding hydrogens is 256 g/mol. The van der Waals surface area contributed by atoms with Gasteiger partial charge < -0.3 is 16.2 Å². The third-order valence-electron chi connectivity index (χ3n) is 3.73. The fourth-order valence-electron chi connectivity index (χ4n) is 2.61. The van der Waals surface area contributed by atoms with Crippen molar-refractivity contribution in [2.75, 3.05) is 0 Å². The van der Waals surface area contributed by atoms with E-state index in [4.69, 9.17) is 10.8 Å². The summed E-state index contributed by atoms with van der Waals surface area (Å²) in [5, 5.41) is 11.8. The molecule has 0 radical (unpaired) electrons. The number of carboxylic acid groups (broad SMARTS) is 1. The zero-order valence-electron chi connectivity index (χ0n) is 11.3. The van der Waals surface area contributed by atoms with Gasteiger partial charge in [-0.3, -0.25) is 4.79 Å². The van der Waals surface area contributed by atoms with Crippen molar-refractivity contribution in [2.24, 2.45) is 11.7 Å². The van der Waals surface area contributed by atoms with Crippen molar-refractivity contribution in [3.63, 3.8) is 0 Å². The molecule has 1 amide bonds. The molecule has 5 nitrogen and oxygen atoms in total. The molecule has 0 heterocycles.